The maximum atomic E-state index is 10.5. The first-order chi connectivity index (χ1) is 4.72. The van der Waals surface area contributed by atoms with E-state index in [-0.39, 0.29) is 6.73 Å². The number of rotatable bonds is 2. The molecule has 0 bridgehead atoms. The Balaban J connectivity index is 3.52. The van der Waals surface area contributed by atoms with Gasteiger partial charge >= 0.3 is 11.9 Å². The van der Waals surface area contributed by atoms with Crippen LogP contribution in [0, 0.1) is 0 Å². The smallest absolute Gasteiger partial charge is 0.396 e. The molecule has 0 unspecified atom stereocenters. The van der Waals surface area contributed by atoms with E-state index in [2.05, 4.69) is 14.8 Å². The van der Waals surface area contributed by atoms with Crippen LogP contribution in [0.5, 0.6) is 0 Å². The molecule has 0 aliphatic rings. The van der Waals surface area contributed by atoms with Gasteiger partial charge in [0.1, 0.15) is 6.73 Å². The van der Waals surface area contributed by atoms with Crippen molar-refractivity contribution in [3.63, 3.8) is 0 Å². The second kappa shape index (κ2) is 4.75. The molecule has 1 amide bonds. The molecule has 0 atom stereocenters. The fourth-order valence-electron chi connectivity index (χ4n) is 0.303. The van der Waals surface area contributed by atoms with Crippen molar-refractivity contribution in [1.29, 1.82) is 0 Å². The first-order valence-corrected chi connectivity index (χ1v) is 2.57. The van der Waals surface area contributed by atoms with Gasteiger partial charge in [-0.1, -0.05) is 0 Å². The minimum atomic E-state index is -0.919. The zero-order valence-electron chi connectivity index (χ0n) is 5.84. The number of hydrogen-bond acceptors (Lipinski definition) is 4. The first-order valence-electron chi connectivity index (χ1n) is 2.57. The van der Waals surface area contributed by atoms with Gasteiger partial charge in [-0.3, -0.25) is 4.79 Å². The molecular formula is C5H9NO4. The summed E-state index contributed by atoms with van der Waals surface area (Å²) in [7, 11) is 2.53. The van der Waals surface area contributed by atoms with Crippen LogP contribution in [0.15, 0.2) is 0 Å². The summed E-state index contributed by atoms with van der Waals surface area (Å²) in [4.78, 5) is 20.8. The van der Waals surface area contributed by atoms with Crippen molar-refractivity contribution in [3.8, 4) is 0 Å². The standard InChI is InChI=1S/C5H9NO4/c1-9-3-6-4(7)5(8)10-2/h3H2,1-2H3,(H,6,7). The number of methoxy groups -OCH3 is 2. The minimum absolute atomic E-state index is 0.00787. The molecular weight excluding hydrogens is 138 g/mol. The minimum Gasteiger partial charge on any atom is -0.462 e. The van der Waals surface area contributed by atoms with E-state index in [1.165, 1.54) is 7.11 Å². The van der Waals surface area contributed by atoms with Crippen LogP contribution in [0.1, 0.15) is 0 Å². The van der Waals surface area contributed by atoms with E-state index in [0.29, 0.717) is 0 Å². The highest BCUT2D eigenvalue weighted by atomic mass is 16.5. The molecule has 0 heterocycles. The lowest BCUT2D eigenvalue weighted by Gasteiger charge is -1.99. The number of esters is 1. The summed E-state index contributed by atoms with van der Waals surface area (Å²) in [6.45, 7) is 0.00787. The zero-order chi connectivity index (χ0) is 7.98. The monoisotopic (exact) mass is 147 g/mol. The Kier molecular flexibility index (Phi) is 4.23. The Morgan fingerprint density at radius 3 is 2.40 bits per heavy atom. The number of hydrogen-bond donors (Lipinski definition) is 1. The number of carbonyl (C=O) groups is 2. The van der Waals surface area contributed by atoms with Crippen molar-refractivity contribution in [3.05, 3.63) is 0 Å². The molecule has 5 heteroatoms. The summed E-state index contributed by atoms with van der Waals surface area (Å²) >= 11 is 0. The topological polar surface area (TPSA) is 64.6 Å². The van der Waals surface area contributed by atoms with E-state index in [9.17, 15) is 9.59 Å². The van der Waals surface area contributed by atoms with Gasteiger partial charge in [-0.2, -0.15) is 0 Å². The van der Waals surface area contributed by atoms with Gasteiger partial charge in [0.15, 0.2) is 0 Å². The average Bonchev–Trinajstić information content (AvgIpc) is 1.98. The van der Waals surface area contributed by atoms with Crippen LogP contribution in [0.4, 0.5) is 0 Å². The molecule has 0 aromatic rings. The highest BCUT2D eigenvalue weighted by molar-refractivity contribution is 6.32. The fraction of sp³-hybridized carbons (Fsp3) is 0.600. The van der Waals surface area contributed by atoms with Crippen LogP contribution in [0.25, 0.3) is 0 Å². The van der Waals surface area contributed by atoms with Gasteiger partial charge in [-0.05, 0) is 0 Å². The molecule has 0 aromatic heterocycles. The third-order valence-corrected chi connectivity index (χ3v) is 0.748. The SMILES string of the molecule is COCNC(=O)C(=O)OC. The molecule has 1 N–H and O–H groups in total. The Morgan fingerprint density at radius 2 is 2.00 bits per heavy atom. The van der Waals surface area contributed by atoms with Crippen LogP contribution >= 0.6 is 0 Å². The molecule has 5 nitrogen and oxygen atoms in total. The molecule has 0 rings (SSSR count). The predicted octanol–water partition coefficient (Wildman–Crippen LogP) is -1.12. The maximum Gasteiger partial charge on any atom is 0.396 e. The van der Waals surface area contributed by atoms with Crippen molar-refractivity contribution < 1.29 is 19.1 Å². The Hall–Kier alpha value is -1.10. The summed E-state index contributed by atoms with van der Waals surface area (Å²) in [6, 6.07) is 0. The largest absolute Gasteiger partial charge is 0.462 e. The van der Waals surface area contributed by atoms with Gasteiger partial charge in [-0.25, -0.2) is 4.79 Å². The Morgan fingerprint density at radius 1 is 1.40 bits per heavy atom. The van der Waals surface area contributed by atoms with Crippen LogP contribution in [0.3, 0.4) is 0 Å². The van der Waals surface area contributed by atoms with Crippen LogP contribution in [-0.4, -0.2) is 32.8 Å². The molecule has 0 fully saturated rings. The third kappa shape index (κ3) is 3.03. The third-order valence-electron chi connectivity index (χ3n) is 0.748. The lowest BCUT2D eigenvalue weighted by molar-refractivity contribution is -0.153. The Bertz CT molecular complexity index is 134. The van der Waals surface area contributed by atoms with Gasteiger partial charge < -0.3 is 14.8 Å². The quantitative estimate of drug-likeness (QED) is 0.305. The van der Waals surface area contributed by atoms with Crippen LogP contribution in [0.2, 0.25) is 0 Å². The van der Waals surface area contributed by atoms with Gasteiger partial charge in [-0.15, -0.1) is 0 Å². The highest BCUT2D eigenvalue weighted by Crippen LogP contribution is 1.72. The highest BCUT2D eigenvalue weighted by Gasteiger charge is 2.11. The summed E-state index contributed by atoms with van der Waals surface area (Å²) in [5.41, 5.74) is 0. The number of nitrogens with one attached hydrogen (secondary N) is 1. The number of carbonyl (C=O) groups excluding carboxylic acids is 2. The van der Waals surface area contributed by atoms with E-state index in [4.69, 9.17) is 0 Å². The average molecular weight is 147 g/mol. The molecule has 0 spiro atoms. The van der Waals surface area contributed by atoms with E-state index in [1.54, 1.807) is 0 Å². The normalized spacial score (nSPS) is 8.60. The number of ether oxygens (including phenoxy) is 2. The van der Waals surface area contributed by atoms with Gasteiger partial charge in [0.05, 0.1) is 7.11 Å². The van der Waals surface area contributed by atoms with Gasteiger partial charge in [0.2, 0.25) is 0 Å². The van der Waals surface area contributed by atoms with Crippen molar-refractivity contribution in [2.24, 2.45) is 0 Å². The second-order valence-corrected chi connectivity index (χ2v) is 1.43. The molecule has 58 valence electrons. The molecule has 10 heavy (non-hydrogen) atoms. The van der Waals surface area contributed by atoms with Crippen molar-refractivity contribution in [1.82, 2.24) is 5.32 Å². The summed E-state index contributed by atoms with van der Waals surface area (Å²) in [5.74, 6) is -1.72. The van der Waals surface area contributed by atoms with Gasteiger partial charge in [0.25, 0.3) is 0 Å². The van der Waals surface area contributed by atoms with E-state index >= 15 is 0 Å². The van der Waals surface area contributed by atoms with Crippen molar-refractivity contribution >= 4 is 11.9 Å². The zero-order valence-corrected chi connectivity index (χ0v) is 5.84. The summed E-state index contributed by atoms with van der Waals surface area (Å²) in [6.07, 6.45) is 0. The van der Waals surface area contributed by atoms with Crippen molar-refractivity contribution in [2.75, 3.05) is 21.0 Å². The van der Waals surface area contributed by atoms with Crippen molar-refractivity contribution in [2.45, 2.75) is 0 Å². The fourth-order valence-corrected chi connectivity index (χ4v) is 0.303. The molecule has 0 saturated heterocycles. The molecule has 0 aromatic carbocycles. The molecule has 0 radical (unpaired) electrons. The number of amides is 1. The maximum absolute atomic E-state index is 10.5. The van der Waals surface area contributed by atoms with Gasteiger partial charge in [0, 0.05) is 7.11 Å². The lowest BCUT2D eigenvalue weighted by Crippen LogP contribution is -2.33. The van der Waals surface area contributed by atoms with E-state index in [0.717, 1.165) is 7.11 Å². The predicted molar refractivity (Wildman–Crippen MR) is 32.0 cm³/mol. The lowest BCUT2D eigenvalue weighted by atomic mass is 10.6. The van der Waals surface area contributed by atoms with E-state index in [1.807, 2.05) is 0 Å². The summed E-state index contributed by atoms with van der Waals surface area (Å²) < 4.78 is 8.57. The Labute approximate surface area is 58.3 Å². The second-order valence-electron chi connectivity index (χ2n) is 1.43. The van der Waals surface area contributed by atoms with E-state index < -0.39 is 11.9 Å². The summed E-state index contributed by atoms with van der Waals surface area (Å²) in [5, 5.41) is 2.15. The van der Waals surface area contributed by atoms with Crippen LogP contribution < -0.4 is 5.32 Å². The molecule has 0 aliphatic carbocycles. The first kappa shape index (κ1) is 8.90. The molecule has 0 saturated carbocycles. The molecule has 0 aliphatic heterocycles. The van der Waals surface area contributed by atoms with Crippen LogP contribution in [-0.2, 0) is 19.1 Å².